The van der Waals surface area contributed by atoms with Crippen LogP contribution in [0.25, 0.3) is 0 Å². The van der Waals surface area contributed by atoms with Gasteiger partial charge in [0.25, 0.3) is 0 Å². The summed E-state index contributed by atoms with van der Waals surface area (Å²) in [6.45, 7) is 3.59. The standard InChI is InChI=1S/C3H7Si.Ti/c1-2-3-4;/h2H,1,3-4H2;. The van der Waals surface area contributed by atoms with Crippen molar-refractivity contribution in [2.24, 2.45) is 0 Å². The number of allylic oxidation sites excluding steroid dienone is 1. The van der Waals surface area contributed by atoms with E-state index >= 15 is 0 Å². The molecule has 0 unspecified atom stereocenters. The van der Waals surface area contributed by atoms with Crippen LogP contribution in [0.5, 0.6) is 0 Å². The molecule has 0 atom stereocenters. The van der Waals surface area contributed by atoms with Gasteiger partial charge >= 0.3 is 45.8 Å². The maximum absolute atomic E-state index is 3.59. The minimum absolute atomic E-state index is 0.296. The first-order valence-corrected chi connectivity index (χ1v) is 6.69. The molecule has 0 aromatic heterocycles. The van der Waals surface area contributed by atoms with Gasteiger partial charge < -0.3 is 0 Å². The SMILES string of the molecule is C=CC[SiH2][Ti]. The van der Waals surface area contributed by atoms with Crippen molar-refractivity contribution < 1.29 is 19.7 Å². The van der Waals surface area contributed by atoms with E-state index in [0.29, 0.717) is 7.39 Å². The molecule has 0 radical (unpaired) electrons. The predicted octanol–water partition coefficient (Wildman–Crippen LogP) is 0.221. The van der Waals surface area contributed by atoms with Gasteiger partial charge in [-0.1, -0.05) is 0 Å². The van der Waals surface area contributed by atoms with Crippen LogP contribution in [0.1, 0.15) is 0 Å². The van der Waals surface area contributed by atoms with Crippen molar-refractivity contribution in [3.05, 3.63) is 12.7 Å². The molecule has 0 aliphatic rings. The van der Waals surface area contributed by atoms with Crippen molar-refractivity contribution in [3.63, 3.8) is 0 Å². The summed E-state index contributed by atoms with van der Waals surface area (Å²) in [6, 6.07) is 1.29. The van der Waals surface area contributed by atoms with Gasteiger partial charge in [-0.05, 0) is 0 Å². The van der Waals surface area contributed by atoms with Crippen LogP contribution in [0.15, 0.2) is 12.7 Å². The summed E-state index contributed by atoms with van der Waals surface area (Å²) >= 11 is 2.28. The minimum atomic E-state index is 0.296. The molecule has 0 fully saturated rings. The Bertz CT molecular complexity index is 28.1. The fourth-order valence-electron chi connectivity index (χ4n) is 0.102. The van der Waals surface area contributed by atoms with E-state index < -0.39 is 0 Å². The average Bonchev–Trinajstić information content (AvgIpc) is 1.41. The Morgan fingerprint density at radius 3 is 2.60 bits per heavy atom. The molecule has 0 saturated carbocycles. The summed E-state index contributed by atoms with van der Waals surface area (Å²) in [7, 11) is 0.296. The number of rotatable bonds is 2. The second kappa shape index (κ2) is 4.67. The van der Waals surface area contributed by atoms with E-state index in [2.05, 4.69) is 26.3 Å². The molecule has 0 aliphatic heterocycles. The van der Waals surface area contributed by atoms with Gasteiger partial charge in [-0.15, -0.1) is 0 Å². The van der Waals surface area contributed by atoms with Crippen molar-refractivity contribution >= 4 is 7.39 Å². The van der Waals surface area contributed by atoms with Crippen molar-refractivity contribution in [2.75, 3.05) is 0 Å². The van der Waals surface area contributed by atoms with Gasteiger partial charge in [-0.3, -0.25) is 0 Å². The van der Waals surface area contributed by atoms with Crippen LogP contribution < -0.4 is 0 Å². The summed E-state index contributed by atoms with van der Waals surface area (Å²) in [4.78, 5) is 0. The van der Waals surface area contributed by atoms with Gasteiger partial charge in [-0.2, -0.15) is 0 Å². The van der Waals surface area contributed by atoms with Gasteiger partial charge in [0.15, 0.2) is 0 Å². The quantitative estimate of drug-likeness (QED) is 0.360. The fourth-order valence-corrected chi connectivity index (χ4v) is 1.26. The van der Waals surface area contributed by atoms with Crippen LogP contribution in [0.3, 0.4) is 0 Å². The van der Waals surface area contributed by atoms with Gasteiger partial charge in [0, 0.05) is 0 Å². The van der Waals surface area contributed by atoms with E-state index in [4.69, 9.17) is 0 Å². The fraction of sp³-hybridized carbons (Fsp3) is 0.333. The predicted molar refractivity (Wildman–Crippen MR) is 23.5 cm³/mol. The van der Waals surface area contributed by atoms with Crippen LogP contribution in [0, 0.1) is 0 Å². The van der Waals surface area contributed by atoms with Crippen LogP contribution in [-0.4, -0.2) is 7.39 Å². The molecule has 2 heteroatoms. The summed E-state index contributed by atoms with van der Waals surface area (Å²) in [5.41, 5.74) is 0. The Kier molecular flexibility index (Phi) is 5.30. The molecule has 0 aromatic rings. The van der Waals surface area contributed by atoms with Gasteiger partial charge in [0.2, 0.25) is 0 Å². The molecule has 0 N–H and O–H groups in total. The molecule has 0 aromatic carbocycles. The monoisotopic (exact) mass is 119 g/mol. The third-order valence-electron chi connectivity index (χ3n) is 0.348. The maximum atomic E-state index is 3.59. The zero-order chi connectivity index (χ0) is 4.12. The molecule has 0 aliphatic carbocycles. The van der Waals surface area contributed by atoms with Gasteiger partial charge in [-0.25, -0.2) is 0 Å². The molecule has 0 heterocycles. The third kappa shape index (κ3) is 4.67. The molecule has 0 amide bonds. The Hall–Kier alpha value is 0.671. The van der Waals surface area contributed by atoms with E-state index in [9.17, 15) is 0 Å². The molecule has 0 rings (SSSR count). The topological polar surface area (TPSA) is 0 Å². The first-order valence-electron chi connectivity index (χ1n) is 1.67. The van der Waals surface area contributed by atoms with Crippen molar-refractivity contribution in [1.29, 1.82) is 0 Å². The normalized spacial score (nSPS) is 9.40. The first-order chi connectivity index (χ1) is 2.41. The molecule has 5 heavy (non-hydrogen) atoms. The van der Waals surface area contributed by atoms with Crippen LogP contribution in [0.4, 0.5) is 0 Å². The molecule has 0 saturated heterocycles. The molecule has 0 bridgehead atoms. The van der Waals surface area contributed by atoms with E-state index in [-0.39, 0.29) is 0 Å². The van der Waals surface area contributed by atoms with Gasteiger partial charge in [0.1, 0.15) is 0 Å². The summed E-state index contributed by atoms with van der Waals surface area (Å²) < 4.78 is 0. The van der Waals surface area contributed by atoms with E-state index in [1.54, 1.807) is 0 Å². The summed E-state index contributed by atoms with van der Waals surface area (Å²) in [6.07, 6.45) is 1.99. The van der Waals surface area contributed by atoms with Crippen molar-refractivity contribution in [2.45, 2.75) is 6.04 Å². The van der Waals surface area contributed by atoms with Crippen molar-refractivity contribution in [1.82, 2.24) is 0 Å². The zero-order valence-corrected chi connectivity index (χ0v) is 6.17. The first kappa shape index (κ1) is 5.67. The van der Waals surface area contributed by atoms with Gasteiger partial charge in [0.05, 0.1) is 0 Å². The average molecular weight is 119 g/mol. The molecule has 0 spiro atoms. The zero-order valence-electron chi connectivity index (χ0n) is 3.20. The second-order valence-corrected chi connectivity index (χ2v) is 4.25. The summed E-state index contributed by atoms with van der Waals surface area (Å²) in [5, 5.41) is 0. The van der Waals surface area contributed by atoms with Crippen LogP contribution in [-0.2, 0) is 19.7 Å². The van der Waals surface area contributed by atoms with Crippen LogP contribution in [0.2, 0.25) is 6.04 Å². The van der Waals surface area contributed by atoms with E-state index in [1.165, 1.54) is 6.04 Å². The Morgan fingerprint density at radius 1 is 2.00 bits per heavy atom. The Morgan fingerprint density at radius 2 is 2.60 bits per heavy atom. The van der Waals surface area contributed by atoms with E-state index in [0.717, 1.165) is 0 Å². The second-order valence-electron chi connectivity index (χ2n) is 0.827. The Balaban J connectivity index is 2.40. The van der Waals surface area contributed by atoms with E-state index in [1.807, 2.05) is 6.08 Å². The molecule has 27 valence electrons. The van der Waals surface area contributed by atoms with Crippen LogP contribution >= 0.6 is 0 Å². The third-order valence-corrected chi connectivity index (χ3v) is 2.40. The summed E-state index contributed by atoms with van der Waals surface area (Å²) in [5.74, 6) is 0. The molecule has 0 nitrogen and oxygen atoms in total. The molecular formula is C3H7SiTi. The molecular weight excluding hydrogens is 112 g/mol. The number of hydrogen-bond acceptors (Lipinski definition) is 0. The number of hydrogen-bond donors (Lipinski definition) is 0. The van der Waals surface area contributed by atoms with Crippen molar-refractivity contribution in [3.8, 4) is 0 Å². The Labute approximate surface area is 46.1 Å².